The molecule has 5 heteroatoms. The monoisotopic (exact) mass is 357 g/mol. The van der Waals surface area contributed by atoms with Crippen LogP contribution in [0, 0.1) is 0 Å². The zero-order valence-corrected chi connectivity index (χ0v) is 15.8. The van der Waals surface area contributed by atoms with E-state index in [1.54, 1.807) is 21.3 Å². The van der Waals surface area contributed by atoms with Gasteiger partial charge in [-0.2, -0.15) is 0 Å². The van der Waals surface area contributed by atoms with Crippen molar-refractivity contribution in [2.75, 3.05) is 34.4 Å². The molecule has 1 saturated heterocycles. The number of carbonyl (C=O) groups excluding carboxylic acids is 1. The Bertz CT molecular complexity index is 779. The van der Waals surface area contributed by atoms with Crippen LogP contribution in [0.25, 0.3) is 10.8 Å². The second kappa shape index (κ2) is 8.30. The van der Waals surface area contributed by atoms with E-state index in [1.807, 2.05) is 29.2 Å². The first kappa shape index (κ1) is 18.4. The van der Waals surface area contributed by atoms with Crippen LogP contribution >= 0.6 is 0 Å². The highest BCUT2D eigenvalue weighted by Crippen LogP contribution is 2.43. The Kier molecular flexibility index (Phi) is 5.86. The van der Waals surface area contributed by atoms with Crippen LogP contribution in [0.2, 0.25) is 0 Å². The molecule has 1 aliphatic heterocycles. The Morgan fingerprint density at radius 1 is 0.846 bits per heavy atom. The van der Waals surface area contributed by atoms with Crippen LogP contribution in [0.15, 0.2) is 24.3 Å². The van der Waals surface area contributed by atoms with Crippen molar-refractivity contribution in [3.8, 4) is 17.2 Å². The lowest BCUT2D eigenvalue weighted by atomic mass is 10.0. The van der Waals surface area contributed by atoms with Gasteiger partial charge in [-0.15, -0.1) is 0 Å². The van der Waals surface area contributed by atoms with E-state index in [0.29, 0.717) is 22.8 Å². The summed E-state index contributed by atoms with van der Waals surface area (Å²) >= 11 is 0. The van der Waals surface area contributed by atoms with Gasteiger partial charge >= 0.3 is 0 Å². The van der Waals surface area contributed by atoms with Crippen molar-refractivity contribution < 1.29 is 19.0 Å². The molecule has 0 bridgehead atoms. The normalized spacial score (nSPS) is 15.3. The zero-order chi connectivity index (χ0) is 18.5. The van der Waals surface area contributed by atoms with E-state index in [0.717, 1.165) is 36.7 Å². The maximum atomic E-state index is 13.0. The van der Waals surface area contributed by atoms with Crippen molar-refractivity contribution >= 4 is 16.7 Å². The predicted octanol–water partition coefficient (Wildman–Crippen LogP) is 4.27. The highest BCUT2D eigenvalue weighted by molar-refractivity contribution is 6.01. The molecule has 0 aliphatic carbocycles. The molecule has 2 aromatic rings. The van der Waals surface area contributed by atoms with Crippen molar-refractivity contribution in [1.29, 1.82) is 0 Å². The van der Waals surface area contributed by atoms with Crippen LogP contribution < -0.4 is 14.2 Å². The Hall–Kier alpha value is -2.43. The van der Waals surface area contributed by atoms with E-state index < -0.39 is 0 Å². The van der Waals surface area contributed by atoms with Crippen LogP contribution in [0.3, 0.4) is 0 Å². The van der Waals surface area contributed by atoms with Crippen LogP contribution in [-0.4, -0.2) is 45.2 Å². The van der Waals surface area contributed by atoms with Crippen molar-refractivity contribution in [1.82, 2.24) is 4.90 Å². The molecule has 1 aliphatic rings. The van der Waals surface area contributed by atoms with Gasteiger partial charge in [0, 0.05) is 24.0 Å². The van der Waals surface area contributed by atoms with Crippen molar-refractivity contribution in [2.45, 2.75) is 32.1 Å². The predicted molar refractivity (Wildman–Crippen MR) is 103 cm³/mol. The summed E-state index contributed by atoms with van der Waals surface area (Å²) in [5.74, 6) is 1.87. The smallest absolute Gasteiger partial charge is 0.253 e. The van der Waals surface area contributed by atoms with Gasteiger partial charge in [-0.1, -0.05) is 19.3 Å². The van der Waals surface area contributed by atoms with Gasteiger partial charge in [0.05, 0.1) is 21.3 Å². The van der Waals surface area contributed by atoms with Gasteiger partial charge < -0.3 is 19.1 Å². The third-order valence-corrected chi connectivity index (χ3v) is 5.03. The fourth-order valence-electron chi connectivity index (χ4n) is 3.64. The number of rotatable bonds is 4. The number of ether oxygens (including phenoxy) is 3. The van der Waals surface area contributed by atoms with Gasteiger partial charge in [-0.25, -0.2) is 0 Å². The Balaban J connectivity index is 1.99. The lowest BCUT2D eigenvalue weighted by molar-refractivity contribution is 0.0742. The van der Waals surface area contributed by atoms with E-state index in [4.69, 9.17) is 14.2 Å². The molecule has 0 N–H and O–H groups in total. The first-order chi connectivity index (χ1) is 12.7. The Morgan fingerprint density at radius 3 is 2.12 bits per heavy atom. The first-order valence-corrected chi connectivity index (χ1v) is 9.21. The van der Waals surface area contributed by atoms with E-state index in [1.165, 1.54) is 19.3 Å². The molecule has 0 saturated carbocycles. The van der Waals surface area contributed by atoms with Crippen LogP contribution in [-0.2, 0) is 0 Å². The molecule has 2 aromatic carbocycles. The van der Waals surface area contributed by atoms with Crippen LogP contribution in [0.1, 0.15) is 42.5 Å². The summed E-state index contributed by atoms with van der Waals surface area (Å²) in [5, 5.41) is 1.80. The number of likely N-dealkylation sites (tertiary alicyclic amines) is 1. The molecule has 26 heavy (non-hydrogen) atoms. The topological polar surface area (TPSA) is 48.0 Å². The minimum atomic E-state index is 0.0996. The minimum Gasteiger partial charge on any atom is -0.493 e. The summed E-state index contributed by atoms with van der Waals surface area (Å²) in [5.41, 5.74) is 0.701. The number of hydrogen-bond acceptors (Lipinski definition) is 4. The molecule has 140 valence electrons. The molecular formula is C21H27NO4. The summed E-state index contributed by atoms with van der Waals surface area (Å²) in [7, 11) is 4.79. The average Bonchev–Trinajstić information content (AvgIpc) is 2.65. The van der Waals surface area contributed by atoms with Crippen LogP contribution in [0.4, 0.5) is 0 Å². The first-order valence-electron chi connectivity index (χ1n) is 9.21. The SMILES string of the molecule is COc1cc2cc(C(=O)N3CCCCCCC3)ccc2c(OC)c1OC. The maximum absolute atomic E-state index is 13.0. The van der Waals surface area contributed by atoms with Gasteiger partial charge in [0.15, 0.2) is 11.5 Å². The molecule has 1 amide bonds. The second-order valence-corrected chi connectivity index (χ2v) is 6.64. The average molecular weight is 357 g/mol. The van der Waals surface area contributed by atoms with Gasteiger partial charge in [-0.3, -0.25) is 4.79 Å². The number of fused-ring (bicyclic) bond motifs is 1. The molecule has 0 atom stereocenters. The van der Waals surface area contributed by atoms with Crippen LogP contribution in [0.5, 0.6) is 17.2 Å². The summed E-state index contributed by atoms with van der Waals surface area (Å²) < 4.78 is 16.4. The number of methoxy groups -OCH3 is 3. The highest BCUT2D eigenvalue weighted by Gasteiger charge is 2.20. The Morgan fingerprint density at radius 2 is 1.50 bits per heavy atom. The van der Waals surface area contributed by atoms with Gasteiger partial charge in [-0.05, 0) is 42.5 Å². The van der Waals surface area contributed by atoms with E-state index in [9.17, 15) is 4.79 Å². The molecule has 3 rings (SSSR count). The second-order valence-electron chi connectivity index (χ2n) is 6.64. The van der Waals surface area contributed by atoms with E-state index >= 15 is 0 Å². The molecule has 5 nitrogen and oxygen atoms in total. The minimum absolute atomic E-state index is 0.0996. The lowest BCUT2D eigenvalue weighted by Crippen LogP contribution is -2.33. The van der Waals surface area contributed by atoms with E-state index in [2.05, 4.69) is 0 Å². The largest absolute Gasteiger partial charge is 0.493 e. The quantitative estimate of drug-likeness (QED) is 0.820. The fourth-order valence-corrected chi connectivity index (χ4v) is 3.64. The molecular weight excluding hydrogens is 330 g/mol. The van der Waals surface area contributed by atoms with Crippen molar-refractivity contribution in [2.24, 2.45) is 0 Å². The number of carbonyl (C=O) groups is 1. The number of nitrogens with zero attached hydrogens (tertiary/aromatic N) is 1. The summed E-state index contributed by atoms with van der Waals surface area (Å²) in [6.07, 6.45) is 5.85. The number of benzene rings is 2. The third-order valence-electron chi connectivity index (χ3n) is 5.03. The fraction of sp³-hybridized carbons (Fsp3) is 0.476. The zero-order valence-electron chi connectivity index (χ0n) is 15.8. The maximum Gasteiger partial charge on any atom is 0.253 e. The molecule has 0 spiro atoms. The molecule has 0 unspecified atom stereocenters. The lowest BCUT2D eigenvalue weighted by Gasteiger charge is -2.25. The molecule has 0 radical (unpaired) electrons. The molecule has 0 aromatic heterocycles. The van der Waals surface area contributed by atoms with Crippen molar-refractivity contribution in [3.63, 3.8) is 0 Å². The van der Waals surface area contributed by atoms with Gasteiger partial charge in [0.1, 0.15) is 0 Å². The summed E-state index contributed by atoms with van der Waals surface area (Å²) in [6.45, 7) is 1.68. The van der Waals surface area contributed by atoms with Gasteiger partial charge in [0.25, 0.3) is 5.91 Å². The molecule has 1 heterocycles. The number of hydrogen-bond donors (Lipinski definition) is 0. The number of amides is 1. The summed E-state index contributed by atoms with van der Waals surface area (Å²) in [4.78, 5) is 15.0. The van der Waals surface area contributed by atoms with Crippen molar-refractivity contribution in [3.05, 3.63) is 29.8 Å². The van der Waals surface area contributed by atoms with Gasteiger partial charge in [0.2, 0.25) is 5.75 Å². The Labute approximate surface area is 154 Å². The molecule has 1 fully saturated rings. The third kappa shape index (κ3) is 3.57. The summed E-state index contributed by atoms with van der Waals surface area (Å²) in [6, 6.07) is 7.60. The van der Waals surface area contributed by atoms with E-state index in [-0.39, 0.29) is 5.91 Å². The highest BCUT2D eigenvalue weighted by atomic mass is 16.5. The standard InChI is InChI=1S/C21H27NO4/c1-24-18-14-16-13-15(9-10-17(16)19(25-2)20(18)26-3)21(23)22-11-7-5-4-6-8-12-22/h9-10,13-14H,4-8,11-12H2,1-3H3.